The Kier molecular flexibility index (Phi) is 6.50. The molecule has 2 atom stereocenters. The molecule has 0 heterocycles. The van der Waals surface area contributed by atoms with E-state index in [0.717, 1.165) is 0 Å². The van der Waals surface area contributed by atoms with Crippen LogP contribution in [0, 0.1) is 12.8 Å². The van der Waals surface area contributed by atoms with Gasteiger partial charge in [-0.05, 0) is 55.6 Å². The molecule has 0 aliphatic heterocycles. The van der Waals surface area contributed by atoms with Gasteiger partial charge in [0.05, 0.1) is 8.07 Å². The third kappa shape index (κ3) is 3.85. The Morgan fingerprint density at radius 3 is 1.87 bits per heavy atom. The number of benzene rings is 2. The summed E-state index contributed by atoms with van der Waals surface area (Å²) in [6.07, 6.45) is 1.22. The molecule has 0 saturated carbocycles. The minimum absolute atomic E-state index is 0.541. The van der Waals surface area contributed by atoms with Gasteiger partial charge in [-0.15, -0.1) is 0 Å². The van der Waals surface area contributed by atoms with Crippen LogP contribution in [0.1, 0.15) is 46.6 Å². The van der Waals surface area contributed by atoms with Crippen molar-refractivity contribution in [2.24, 2.45) is 5.92 Å². The van der Waals surface area contributed by atoms with Gasteiger partial charge in [-0.3, -0.25) is 0 Å². The second-order valence-electron chi connectivity index (χ2n) is 10.4. The molecule has 0 nitrogen and oxygen atoms in total. The molecule has 2 unspecified atom stereocenters. The van der Waals surface area contributed by atoms with Gasteiger partial charge in [-0.1, -0.05) is 116 Å². The van der Waals surface area contributed by atoms with Crippen molar-refractivity contribution in [3.63, 3.8) is 0 Å². The fourth-order valence-electron chi connectivity index (χ4n) is 5.51. The lowest BCUT2D eigenvalue weighted by Gasteiger charge is -2.39. The summed E-state index contributed by atoms with van der Waals surface area (Å²) >= 11 is 0. The first-order valence-electron chi connectivity index (χ1n) is 11.6. The van der Waals surface area contributed by atoms with Gasteiger partial charge in [-0.2, -0.15) is 0 Å². The first-order valence-corrected chi connectivity index (χ1v) is 17.3. The van der Waals surface area contributed by atoms with Crippen molar-refractivity contribution >= 4 is 31.7 Å². The molecule has 1 aliphatic carbocycles. The third-order valence-electron chi connectivity index (χ3n) is 7.43. The van der Waals surface area contributed by atoms with Crippen LogP contribution in [0.2, 0.25) is 25.7 Å². The maximum Gasteiger partial charge on any atom is 0.145 e. The van der Waals surface area contributed by atoms with E-state index in [1.165, 1.54) is 23.6 Å². The molecule has 30 heavy (non-hydrogen) atoms. The van der Waals surface area contributed by atoms with E-state index in [9.17, 15) is 0 Å². The van der Waals surface area contributed by atoms with Gasteiger partial charge < -0.3 is 0 Å². The smallest absolute Gasteiger partial charge is 0.0656 e. The van der Waals surface area contributed by atoms with Crippen molar-refractivity contribution in [1.29, 1.82) is 0 Å². The Morgan fingerprint density at radius 1 is 0.767 bits per heavy atom. The van der Waals surface area contributed by atoms with Crippen LogP contribution in [0.3, 0.4) is 0 Å². The molecule has 160 valence electrons. The average molecular weight is 433 g/mol. The zero-order valence-electron chi connectivity index (χ0n) is 20.6. The second kappa shape index (κ2) is 8.47. The molecular weight excluding hydrogens is 392 g/mol. The molecule has 0 fully saturated rings. The summed E-state index contributed by atoms with van der Waals surface area (Å²) in [6, 6.07) is 20.4. The van der Waals surface area contributed by atoms with E-state index in [-0.39, 0.29) is 0 Å². The average Bonchev–Trinajstić information content (AvgIpc) is 2.89. The molecule has 0 spiro atoms. The quantitative estimate of drug-likeness (QED) is 0.466. The van der Waals surface area contributed by atoms with Crippen LogP contribution in [-0.2, 0) is 0 Å². The summed E-state index contributed by atoms with van der Waals surface area (Å²) in [5.41, 5.74) is 6.10. The summed E-state index contributed by atoms with van der Waals surface area (Å²) in [4.78, 5) is 0. The lowest BCUT2D eigenvalue weighted by Crippen LogP contribution is -2.62. The van der Waals surface area contributed by atoms with Crippen LogP contribution in [0.15, 0.2) is 70.4 Å². The fourth-order valence-corrected chi connectivity index (χ4v) is 12.9. The van der Waals surface area contributed by atoms with Crippen LogP contribution < -0.4 is 15.6 Å². The Morgan fingerprint density at radius 2 is 1.37 bits per heavy atom. The summed E-state index contributed by atoms with van der Waals surface area (Å²) in [6.45, 7) is 21.7. The molecule has 3 rings (SSSR count). The van der Waals surface area contributed by atoms with Gasteiger partial charge in [0, 0.05) is 0 Å². The van der Waals surface area contributed by atoms with Crippen molar-refractivity contribution in [1.82, 2.24) is 0 Å². The number of aryl methyl sites for hydroxylation is 1. The molecule has 0 aromatic heterocycles. The van der Waals surface area contributed by atoms with E-state index in [4.69, 9.17) is 0 Å². The van der Waals surface area contributed by atoms with E-state index in [0.29, 0.717) is 5.92 Å². The van der Waals surface area contributed by atoms with Crippen LogP contribution in [0.25, 0.3) is 0 Å². The van der Waals surface area contributed by atoms with Crippen molar-refractivity contribution < 1.29 is 0 Å². The van der Waals surface area contributed by atoms with Crippen molar-refractivity contribution in [2.45, 2.75) is 73.6 Å². The van der Waals surface area contributed by atoms with Gasteiger partial charge in [0.1, 0.15) is 8.07 Å². The first kappa shape index (κ1) is 23.0. The number of allylic oxidation sites excluding steroid dienone is 4. The van der Waals surface area contributed by atoms with Gasteiger partial charge in [0.2, 0.25) is 0 Å². The Bertz CT molecular complexity index is 989. The van der Waals surface area contributed by atoms with Crippen molar-refractivity contribution in [2.75, 3.05) is 0 Å². The van der Waals surface area contributed by atoms with E-state index >= 15 is 0 Å². The second-order valence-corrected chi connectivity index (χ2v) is 19.5. The zero-order chi connectivity index (χ0) is 22.3. The van der Waals surface area contributed by atoms with E-state index in [1.807, 2.05) is 0 Å². The summed E-state index contributed by atoms with van der Waals surface area (Å²) in [5.74, 6) is 0.541. The molecule has 0 saturated heterocycles. The fraction of sp³-hybridized carbons (Fsp3) is 0.429. The van der Waals surface area contributed by atoms with Crippen LogP contribution >= 0.6 is 0 Å². The van der Waals surface area contributed by atoms with Crippen LogP contribution in [-0.4, -0.2) is 16.1 Å². The number of hydrogen-bond acceptors (Lipinski definition) is 0. The summed E-state index contributed by atoms with van der Waals surface area (Å²) in [7, 11) is -3.51. The molecule has 1 aliphatic rings. The zero-order valence-corrected chi connectivity index (χ0v) is 22.6. The highest BCUT2D eigenvalue weighted by Crippen LogP contribution is 2.42. The number of hydrogen-bond donors (Lipinski definition) is 0. The Hall–Kier alpha value is -1.65. The monoisotopic (exact) mass is 432 g/mol. The van der Waals surface area contributed by atoms with Crippen LogP contribution in [0.4, 0.5) is 0 Å². The predicted molar refractivity (Wildman–Crippen MR) is 141 cm³/mol. The third-order valence-corrected chi connectivity index (χ3v) is 15.0. The summed E-state index contributed by atoms with van der Waals surface area (Å²) < 4.78 is 0. The molecule has 2 aromatic rings. The van der Waals surface area contributed by atoms with Crippen molar-refractivity contribution in [3.8, 4) is 0 Å². The first-order chi connectivity index (χ1) is 14.0. The molecule has 0 N–H and O–H groups in total. The highest BCUT2D eigenvalue weighted by atomic mass is 28.3. The molecule has 2 aromatic carbocycles. The Balaban J connectivity index is 2.42. The topological polar surface area (TPSA) is 0 Å². The maximum absolute atomic E-state index is 2.63. The van der Waals surface area contributed by atoms with E-state index < -0.39 is 16.1 Å². The van der Waals surface area contributed by atoms with Crippen LogP contribution in [0.5, 0.6) is 0 Å². The highest BCUT2D eigenvalue weighted by molar-refractivity contribution is 7.08. The van der Waals surface area contributed by atoms with Gasteiger partial charge in [0.15, 0.2) is 0 Å². The Labute approximate surface area is 187 Å². The molecular formula is C28H40Si2. The minimum Gasteiger partial charge on any atom is -0.0656 e. The lowest BCUT2D eigenvalue weighted by molar-refractivity contribution is 0.845. The molecule has 2 heteroatoms. The minimum atomic E-state index is -2.11. The summed E-state index contributed by atoms with van der Waals surface area (Å²) in [5, 5.41) is 6.59. The maximum atomic E-state index is 2.63. The molecule has 0 amide bonds. The lowest BCUT2D eigenvalue weighted by atomic mass is 10.1. The van der Waals surface area contributed by atoms with Gasteiger partial charge in [0.25, 0.3) is 0 Å². The molecule has 0 bridgehead atoms. The van der Waals surface area contributed by atoms with Gasteiger partial charge >= 0.3 is 0 Å². The standard InChI is InChI=1S/C28H40Si2/c1-10-16-30(25-14-12-11-13-15-25,28-23(5)21(3)22(4)24(28)6)27-18-20(2)17-26(19-27)29(7,8)9/h11-15,17-19,23H,10,16H2,1-9H3. The van der Waals surface area contributed by atoms with Crippen molar-refractivity contribution in [3.05, 3.63) is 76.0 Å². The SMILES string of the molecule is CCC[Si](C1=C(C)C(C)=C(C)C1C)(c1ccccc1)c1cc(C)cc([Si](C)(C)C)c1. The predicted octanol–water partition coefficient (Wildman–Crippen LogP) is 6.36. The number of rotatable bonds is 6. The van der Waals surface area contributed by atoms with E-state index in [1.54, 1.807) is 31.9 Å². The normalized spacial score (nSPS) is 19.4. The van der Waals surface area contributed by atoms with Gasteiger partial charge in [-0.25, -0.2) is 0 Å². The largest absolute Gasteiger partial charge is 0.145 e. The molecule has 0 radical (unpaired) electrons. The van der Waals surface area contributed by atoms with E-state index in [2.05, 4.69) is 110 Å². The highest BCUT2D eigenvalue weighted by Gasteiger charge is 2.46.